The van der Waals surface area contributed by atoms with Crippen molar-refractivity contribution < 1.29 is 4.79 Å². The smallest absolute Gasteiger partial charge is 0.250 e. The van der Waals surface area contributed by atoms with E-state index < -0.39 is 5.91 Å². The highest BCUT2D eigenvalue weighted by atomic mass is 16.1. The van der Waals surface area contributed by atoms with Crippen LogP contribution in [0.2, 0.25) is 0 Å². The Morgan fingerprint density at radius 3 is 2.43 bits per heavy atom. The highest BCUT2D eigenvalue weighted by Gasteiger charge is 2.17. The highest BCUT2D eigenvalue weighted by molar-refractivity contribution is 6.02. The van der Waals surface area contributed by atoms with Crippen molar-refractivity contribution in [1.82, 2.24) is 14.5 Å². The van der Waals surface area contributed by atoms with Gasteiger partial charge in [-0.1, -0.05) is 42.5 Å². The molecule has 0 saturated heterocycles. The predicted octanol–water partition coefficient (Wildman–Crippen LogP) is 3.78. The summed E-state index contributed by atoms with van der Waals surface area (Å²) in [5.74, 6) is -0.0601. The average molecular weight is 462 g/mol. The minimum Gasteiger partial charge on any atom is -0.383 e. The lowest BCUT2D eigenvalue weighted by atomic mass is 9.93. The van der Waals surface area contributed by atoms with E-state index in [-0.39, 0.29) is 5.56 Å². The van der Waals surface area contributed by atoms with Crippen molar-refractivity contribution in [3.8, 4) is 11.1 Å². The van der Waals surface area contributed by atoms with Crippen molar-refractivity contribution >= 4 is 22.5 Å². The number of hydrogen-bond donors (Lipinski definition) is 2. The van der Waals surface area contributed by atoms with E-state index in [0.29, 0.717) is 29.9 Å². The standard InChI is InChI=1S/C28H23N5O2/c29-27-22-9-8-21(16-20(22)10-12-32-27)26-23(28(30)35)11-13-31-24(26)15-18-4-6-19(7-5-18)17-33-14-2-1-3-25(33)34/h1-14,16H,15,17H2,(H2,29,32)(H2,30,35). The van der Waals surface area contributed by atoms with Crippen molar-refractivity contribution in [3.63, 3.8) is 0 Å². The molecule has 0 bridgehead atoms. The van der Waals surface area contributed by atoms with Gasteiger partial charge in [0.05, 0.1) is 17.8 Å². The second kappa shape index (κ2) is 9.23. The number of rotatable bonds is 6. The summed E-state index contributed by atoms with van der Waals surface area (Å²) in [6.45, 7) is 0.496. The van der Waals surface area contributed by atoms with E-state index in [2.05, 4.69) is 9.97 Å². The Kier molecular flexibility index (Phi) is 5.81. The summed E-state index contributed by atoms with van der Waals surface area (Å²) < 4.78 is 1.66. The molecular formula is C28H23N5O2. The molecule has 172 valence electrons. The second-order valence-corrected chi connectivity index (χ2v) is 8.34. The van der Waals surface area contributed by atoms with Crippen molar-refractivity contribution in [2.45, 2.75) is 13.0 Å². The van der Waals surface area contributed by atoms with Crippen LogP contribution in [0.4, 0.5) is 5.82 Å². The Bertz CT molecular complexity index is 1610. The molecule has 7 nitrogen and oxygen atoms in total. The summed E-state index contributed by atoms with van der Waals surface area (Å²) in [7, 11) is 0. The lowest BCUT2D eigenvalue weighted by Gasteiger charge is -2.14. The lowest BCUT2D eigenvalue weighted by molar-refractivity contribution is 0.100. The van der Waals surface area contributed by atoms with Crippen LogP contribution < -0.4 is 17.0 Å². The van der Waals surface area contributed by atoms with Gasteiger partial charge in [-0.15, -0.1) is 0 Å². The minimum absolute atomic E-state index is 0.0402. The van der Waals surface area contributed by atoms with Gasteiger partial charge < -0.3 is 16.0 Å². The summed E-state index contributed by atoms with van der Waals surface area (Å²) in [5, 5.41) is 1.76. The SMILES string of the molecule is NC(=O)c1ccnc(Cc2ccc(Cn3ccccc3=O)cc2)c1-c1ccc2c(N)nccc2c1. The molecule has 0 unspecified atom stereocenters. The molecule has 0 aliphatic heterocycles. The van der Waals surface area contributed by atoms with E-state index in [1.807, 2.05) is 54.6 Å². The van der Waals surface area contributed by atoms with Gasteiger partial charge in [-0.25, -0.2) is 4.98 Å². The quantitative estimate of drug-likeness (QED) is 0.399. The van der Waals surface area contributed by atoms with Crippen LogP contribution in [0.3, 0.4) is 0 Å². The Morgan fingerprint density at radius 1 is 0.886 bits per heavy atom. The fraction of sp³-hybridized carbons (Fsp3) is 0.0714. The monoisotopic (exact) mass is 461 g/mol. The summed E-state index contributed by atoms with van der Waals surface area (Å²) >= 11 is 0. The number of carbonyl (C=O) groups excluding carboxylic acids is 1. The number of fused-ring (bicyclic) bond motifs is 1. The van der Waals surface area contributed by atoms with Crippen LogP contribution in [0.25, 0.3) is 21.9 Å². The summed E-state index contributed by atoms with van der Waals surface area (Å²) in [4.78, 5) is 33.0. The zero-order valence-corrected chi connectivity index (χ0v) is 18.9. The molecule has 0 saturated carbocycles. The Labute approximate surface area is 201 Å². The molecule has 5 aromatic rings. The van der Waals surface area contributed by atoms with Crippen LogP contribution in [0.5, 0.6) is 0 Å². The summed E-state index contributed by atoms with van der Waals surface area (Å²) in [5.41, 5.74) is 16.4. The average Bonchev–Trinajstić information content (AvgIpc) is 2.86. The molecule has 4 N–H and O–H groups in total. The molecule has 7 heteroatoms. The summed E-state index contributed by atoms with van der Waals surface area (Å²) in [6.07, 6.45) is 5.55. The first-order valence-electron chi connectivity index (χ1n) is 11.1. The van der Waals surface area contributed by atoms with Gasteiger partial charge in [-0.2, -0.15) is 0 Å². The third-order valence-corrected chi connectivity index (χ3v) is 6.03. The second-order valence-electron chi connectivity index (χ2n) is 8.34. The van der Waals surface area contributed by atoms with E-state index in [1.165, 1.54) is 0 Å². The molecule has 0 atom stereocenters. The fourth-order valence-electron chi connectivity index (χ4n) is 4.27. The third kappa shape index (κ3) is 4.52. The molecule has 2 aromatic carbocycles. The molecule has 0 aliphatic carbocycles. The number of benzene rings is 2. The van der Waals surface area contributed by atoms with Gasteiger partial charge >= 0.3 is 0 Å². The lowest BCUT2D eigenvalue weighted by Crippen LogP contribution is -2.18. The Balaban J connectivity index is 1.50. The number of anilines is 1. The van der Waals surface area contributed by atoms with Crippen molar-refractivity contribution in [2.75, 3.05) is 5.73 Å². The van der Waals surface area contributed by atoms with Crippen molar-refractivity contribution in [1.29, 1.82) is 0 Å². The number of aromatic nitrogens is 3. The first kappa shape index (κ1) is 22.0. The zero-order chi connectivity index (χ0) is 24.4. The Hall–Kier alpha value is -4.78. The minimum atomic E-state index is -0.512. The topological polar surface area (TPSA) is 117 Å². The Morgan fingerprint density at radius 2 is 1.66 bits per heavy atom. The molecule has 35 heavy (non-hydrogen) atoms. The maximum Gasteiger partial charge on any atom is 0.250 e. The van der Waals surface area contributed by atoms with E-state index in [4.69, 9.17) is 11.5 Å². The summed E-state index contributed by atoms with van der Waals surface area (Å²) in [6, 6.07) is 22.4. The van der Waals surface area contributed by atoms with Gasteiger partial charge in [0.1, 0.15) is 5.82 Å². The van der Waals surface area contributed by atoms with Gasteiger partial charge in [0, 0.05) is 42.0 Å². The first-order valence-corrected chi connectivity index (χ1v) is 11.1. The van der Waals surface area contributed by atoms with Gasteiger partial charge in [-0.3, -0.25) is 14.6 Å². The van der Waals surface area contributed by atoms with Crippen LogP contribution in [0.1, 0.15) is 27.2 Å². The predicted molar refractivity (Wildman–Crippen MR) is 137 cm³/mol. The maximum absolute atomic E-state index is 12.3. The number of nitrogens with zero attached hydrogens (tertiary/aromatic N) is 3. The van der Waals surface area contributed by atoms with Gasteiger partial charge in [-0.05, 0) is 46.3 Å². The van der Waals surface area contributed by atoms with Crippen molar-refractivity contribution in [3.05, 3.63) is 124 Å². The van der Waals surface area contributed by atoms with E-state index in [9.17, 15) is 9.59 Å². The maximum atomic E-state index is 12.3. The van der Waals surface area contributed by atoms with Gasteiger partial charge in [0.2, 0.25) is 5.91 Å². The largest absolute Gasteiger partial charge is 0.383 e. The number of nitrogens with two attached hydrogens (primary N) is 2. The van der Waals surface area contributed by atoms with E-state index in [1.54, 1.807) is 41.4 Å². The van der Waals surface area contributed by atoms with Gasteiger partial charge in [0.15, 0.2) is 0 Å². The number of amides is 1. The number of nitrogen functional groups attached to an aromatic ring is 1. The molecule has 5 rings (SSSR count). The van der Waals surface area contributed by atoms with Crippen LogP contribution >= 0.6 is 0 Å². The molecular weight excluding hydrogens is 438 g/mol. The molecule has 3 aromatic heterocycles. The molecule has 3 heterocycles. The molecule has 0 radical (unpaired) electrons. The first-order chi connectivity index (χ1) is 17.0. The van der Waals surface area contributed by atoms with Crippen molar-refractivity contribution in [2.24, 2.45) is 5.73 Å². The molecule has 1 amide bonds. The molecule has 0 aliphatic rings. The number of pyridine rings is 3. The zero-order valence-electron chi connectivity index (χ0n) is 18.9. The normalized spacial score (nSPS) is 11.0. The highest BCUT2D eigenvalue weighted by Crippen LogP contribution is 2.31. The molecule has 0 spiro atoms. The fourth-order valence-corrected chi connectivity index (χ4v) is 4.27. The van der Waals surface area contributed by atoms with Crippen LogP contribution in [0, 0.1) is 0 Å². The van der Waals surface area contributed by atoms with Crippen LogP contribution in [-0.2, 0) is 13.0 Å². The number of primary amides is 1. The molecule has 0 fully saturated rings. The third-order valence-electron chi connectivity index (χ3n) is 6.03. The van der Waals surface area contributed by atoms with E-state index in [0.717, 1.165) is 33.2 Å². The van der Waals surface area contributed by atoms with Crippen LogP contribution in [-0.4, -0.2) is 20.4 Å². The van der Waals surface area contributed by atoms with Crippen LogP contribution in [0.15, 0.2) is 96.2 Å². The number of hydrogen-bond acceptors (Lipinski definition) is 5. The van der Waals surface area contributed by atoms with E-state index >= 15 is 0 Å². The van der Waals surface area contributed by atoms with Gasteiger partial charge in [0.25, 0.3) is 5.56 Å². The number of carbonyl (C=O) groups is 1.